The number of hydrogen-bond acceptors (Lipinski definition) is 4. The van der Waals surface area contributed by atoms with Gasteiger partial charge in [-0.2, -0.15) is 0 Å². The first-order chi connectivity index (χ1) is 12.2. The number of rotatable bonds is 12. The standard InChI is InChI=1S/C19H33N3O3/c1-5-20-19(22-13-8-14-25-6-2)21-12-7-9-16-10-11-17(23-3)18(15-16)24-4/h10-11,15H,5-9,12-14H2,1-4H3,(H2,20,21,22). The highest BCUT2D eigenvalue weighted by molar-refractivity contribution is 5.79. The van der Waals surface area contributed by atoms with Crippen molar-refractivity contribution in [3.63, 3.8) is 0 Å². The quantitative estimate of drug-likeness (QED) is 0.344. The number of ether oxygens (including phenoxy) is 3. The fourth-order valence-corrected chi connectivity index (χ4v) is 2.38. The van der Waals surface area contributed by atoms with E-state index in [9.17, 15) is 0 Å². The maximum atomic E-state index is 5.34. The van der Waals surface area contributed by atoms with Gasteiger partial charge in [-0.15, -0.1) is 0 Å². The second-order valence-electron chi connectivity index (χ2n) is 5.53. The molecule has 0 aliphatic carbocycles. The van der Waals surface area contributed by atoms with Crippen LogP contribution in [0.4, 0.5) is 0 Å². The van der Waals surface area contributed by atoms with Crippen molar-refractivity contribution < 1.29 is 14.2 Å². The van der Waals surface area contributed by atoms with Crippen molar-refractivity contribution in [1.82, 2.24) is 10.6 Å². The molecular weight excluding hydrogens is 318 g/mol. The Morgan fingerprint density at radius 1 is 1.04 bits per heavy atom. The van der Waals surface area contributed by atoms with Gasteiger partial charge in [0.2, 0.25) is 0 Å². The van der Waals surface area contributed by atoms with E-state index in [1.165, 1.54) is 5.56 Å². The molecule has 2 N–H and O–H groups in total. The normalized spacial score (nSPS) is 11.3. The van der Waals surface area contributed by atoms with Gasteiger partial charge in [-0.05, 0) is 50.8 Å². The first-order valence-corrected chi connectivity index (χ1v) is 9.05. The van der Waals surface area contributed by atoms with E-state index in [4.69, 9.17) is 14.2 Å². The molecular formula is C19H33N3O3. The van der Waals surface area contributed by atoms with E-state index in [1.54, 1.807) is 14.2 Å². The van der Waals surface area contributed by atoms with Crippen LogP contribution in [0.5, 0.6) is 11.5 Å². The number of methoxy groups -OCH3 is 2. The minimum Gasteiger partial charge on any atom is -0.493 e. The van der Waals surface area contributed by atoms with Crippen LogP contribution < -0.4 is 20.1 Å². The van der Waals surface area contributed by atoms with Gasteiger partial charge in [0.1, 0.15) is 0 Å². The lowest BCUT2D eigenvalue weighted by Gasteiger charge is -2.11. The van der Waals surface area contributed by atoms with Gasteiger partial charge in [-0.1, -0.05) is 6.07 Å². The van der Waals surface area contributed by atoms with Crippen LogP contribution >= 0.6 is 0 Å². The van der Waals surface area contributed by atoms with Crippen molar-refractivity contribution in [3.8, 4) is 11.5 Å². The molecule has 0 unspecified atom stereocenters. The van der Waals surface area contributed by atoms with Gasteiger partial charge in [-0.3, -0.25) is 4.99 Å². The van der Waals surface area contributed by atoms with E-state index in [0.717, 1.165) is 69.6 Å². The average Bonchev–Trinajstić information content (AvgIpc) is 2.64. The third-order valence-corrected chi connectivity index (χ3v) is 3.65. The van der Waals surface area contributed by atoms with Crippen LogP contribution in [0.2, 0.25) is 0 Å². The highest BCUT2D eigenvalue weighted by atomic mass is 16.5. The second kappa shape index (κ2) is 13.4. The lowest BCUT2D eigenvalue weighted by atomic mass is 10.1. The van der Waals surface area contributed by atoms with Gasteiger partial charge in [0.15, 0.2) is 17.5 Å². The molecule has 0 aromatic heterocycles. The zero-order valence-corrected chi connectivity index (χ0v) is 16.1. The van der Waals surface area contributed by atoms with Gasteiger partial charge in [-0.25, -0.2) is 0 Å². The smallest absolute Gasteiger partial charge is 0.191 e. The monoisotopic (exact) mass is 351 g/mol. The summed E-state index contributed by atoms with van der Waals surface area (Å²) in [6, 6.07) is 6.05. The van der Waals surface area contributed by atoms with Crippen molar-refractivity contribution in [2.45, 2.75) is 33.1 Å². The van der Waals surface area contributed by atoms with Gasteiger partial charge >= 0.3 is 0 Å². The number of aliphatic imine (C=N–C) groups is 1. The van der Waals surface area contributed by atoms with Crippen molar-refractivity contribution in [2.24, 2.45) is 4.99 Å². The summed E-state index contributed by atoms with van der Waals surface area (Å²) in [6.45, 7) is 8.12. The molecule has 0 saturated carbocycles. The molecule has 1 rings (SSSR count). The van der Waals surface area contributed by atoms with Gasteiger partial charge in [0.05, 0.1) is 14.2 Å². The van der Waals surface area contributed by atoms with E-state index in [1.807, 2.05) is 19.1 Å². The maximum absolute atomic E-state index is 5.34. The van der Waals surface area contributed by atoms with Crippen LogP contribution in [0, 0.1) is 0 Å². The first-order valence-electron chi connectivity index (χ1n) is 9.05. The fourth-order valence-electron chi connectivity index (χ4n) is 2.38. The number of hydrogen-bond donors (Lipinski definition) is 2. The molecule has 6 heteroatoms. The van der Waals surface area contributed by atoms with E-state index >= 15 is 0 Å². The molecule has 1 aromatic carbocycles. The Morgan fingerprint density at radius 3 is 2.52 bits per heavy atom. The summed E-state index contributed by atoms with van der Waals surface area (Å²) in [5, 5.41) is 6.60. The Bertz CT molecular complexity index is 507. The number of aryl methyl sites for hydroxylation is 1. The van der Waals surface area contributed by atoms with Crippen LogP contribution in [-0.2, 0) is 11.2 Å². The highest BCUT2D eigenvalue weighted by Crippen LogP contribution is 2.27. The lowest BCUT2D eigenvalue weighted by Crippen LogP contribution is -2.38. The van der Waals surface area contributed by atoms with E-state index in [-0.39, 0.29) is 0 Å². The van der Waals surface area contributed by atoms with Crippen molar-refractivity contribution in [3.05, 3.63) is 23.8 Å². The number of guanidine groups is 1. The summed E-state index contributed by atoms with van der Waals surface area (Å²) in [5.41, 5.74) is 1.22. The molecule has 0 aliphatic heterocycles. The van der Waals surface area contributed by atoms with Crippen molar-refractivity contribution >= 4 is 5.96 Å². The summed E-state index contributed by atoms with van der Waals surface area (Å²) >= 11 is 0. The Balaban J connectivity index is 2.39. The third-order valence-electron chi connectivity index (χ3n) is 3.65. The van der Waals surface area contributed by atoms with Crippen LogP contribution in [0.1, 0.15) is 32.3 Å². The molecule has 0 aliphatic rings. The molecule has 142 valence electrons. The summed E-state index contributed by atoms with van der Waals surface area (Å²) in [6.07, 6.45) is 2.91. The maximum Gasteiger partial charge on any atom is 0.191 e. The van der Waals surface area contributed by atoms with Gasteiger partial charge < -0.3 is 24.8 Å². The second-order valence-corrected chi connectivity index (χ2v) is 5.53. The predicted molar refractivity (Wildman–Crippen MR) is 103 cm³/mol. The number of nitrogens with zero attached hydrogens (tertiary/aromatic N) is 1. The molecule has 0 atom stereocenters. The van der Waals surface area contributed by atoms with Crippen LogP contribution in [0.25, 0.3) is 0 Å². The zero-order valence-electron chi connectivity index (χ0n) is 16.1. The zero-order chi connectivity index (χ0) is 18.3. The average molecular weight is 351 g/mol. The highest BCUT2D eigenvalue weighted by Gasteiger charge is 2.04. The largest absolute Gasteiger partial charge is 0.493 e. The Kier molecular flexibility index (Phi) is 11.3. The molecule has 0 heterocycles. The van der Waals surface area contributed by atoms with E-state index < -0.39 is 0 Å². The molecule has 1 aromatic rings. The van der Waals surface area contributed by atoms with Crippen LogP contribution in [0.15, 0.2) is 23.2 Å². The van der Waals surface area contributed by atoms with Crippen LogP contribution in [-0.4, -0.2) is 53.0 Å². The molecule has 25 heavy (non-hydrogen) atoms. The van der Waals surface area contributed by atoms with Crippen molar-refractivity contribution in [2.75, 3.05) is 47.1 Å². The molecule has 6 nitrogen and oxygen atoms in total. The Morgan fingerprint density at radius 2 is 1.84 bits per heavy atom. The van der Waals surface area contributed by atoms with Gasteiger partial charge in [0, 0.05) is 32.8 Å². The minimum absolute atomic E-state index is 0.759. The number of nitrogens with one attached hydrogen (secondary N) is 2. The molecule has 0 saturated heterocycles. The molecule has 0 radical (unpaired) electrons. The van der Waals surface area contributed by atoms with E-state index in [2.05, 4.69) is 28.6 Å². The Labute approximate surface area is 152 Å². The lowest BCUT2D eigenvalue weighted by molar-refractivity contribution is 0.145. The SMILES string of the molecule is CCNC(=NCCCc1ccc(OC)c(OC)c1)NCCCOCC. The van der Waals surface area contributed by atoms with Crippen LogP contribution in [0.3, 0.4) is 0 Å². The summed E-state index contributed by atoms with van der Waals surface area (Å²) in [7, 11) is 3.31. The predicted octanol–water partition coefficient (Wildman–Crippen LogP) is 2.62. The first kappa shape index (κ1) is 21.1. The molecule has 0 fully saturated rings. The van der Waals surface area contributed by atoms with E-state index in [0.29, 0.717) is 0 Å². The number of benzene rings is 1. The summed E-state index contributed by atoms with van der Waals surface area (Å²) < 4.78 is 15.9. The molecule has 0 bridgehead atoms. The summed E-state index contributed by atoms with van der Waals surface area (Å²) in [4.78, 5) is 4.62. The molecule has 0 amide bonds. The Hall–Kier alpha value is -1.95. The molecule has 0 spiro atoms. The van der Waals surface area contributed by atoms with Gasteiger partial charge in [0.25, 0.3) is 0 Å². The topological polar surface area (TPSA) is 64.1 Å². The summed E-state index contributed by atoms with van der Waals surface area (Å²) in [5.74, 6) is 2.40. The van der Waals surface area contributed by atoms with Crippen molar-refractivity contribution in [1.29, 1.82) is 0 Å². The third kappa shape index (κ3) is 8.63. The minimum atomic E-state index is 0.759. The fraction of sp³-hybridized carbons (Fsp3) is 0.632.